The van der Waals surface area contributed by atoms with Crippen LogP contribution in [0.3, 0.4) is 0 Å². The lowest BCUT2D eigenvalue weighted by atomic mass is 9.89. The topological polar surface area (TPSA) is 3.24 Å². The number of nitrogens with zero attached hydrogens (tertiary/aromatic N) is 1. The number of rotatable bonds is 5. The van der Waals surface area contributed by atoms with E-state index in [1.807, 2.05) is 11.3 Å². The number of anilines is 3. The van der Waals surface area contributed by atoms with Gasteiger partial charge in [-0.3, -0.25) is 0 Å². The molecule has 0 saturated carbocycles. The molecule has 234 valence electrons. The van der Waals surface area contributed by atoms with Gasteiger partial charge in [0.1, 0.15) is 0 Å². The summed E-state index contributed by atoms with van der Waals surface area (Å²) in [7, 11) is 0. The van der Waals surface area contributed by atoms with Crippen LogP contribution in [-0.4, -0.2) is 0 Å². The van der Waals surface area contributed by atoms with Crippen molar-refractivity contribution in [3.63, 3.8) is 0 Å². The summed E-state index contributed by atoms with van der Waals surface area (Å²) >= 11 is 1.86. The molecule has 0 bridgehead atoms. The van der Waals surface area contributed by atoms with Crippen LogP contribution in [0.1, 0.15) is 0 Å². The quantitative estimate of drug-likeness (QED) is 0.179. The predicted octanol–water partition coefficient (Wildman–Crippen LogP) is 14.3. The number of hydrogen-bond acceptors (Lipinski definition) is 2. The maximum absolute atomic E-state index is 2.51. The second kappa shape index (κ2) is 11.7. The Kier molecular flexibility index (Phi) is 6.75. The summed E-state index contributed by atoms with van der Waals surface area (Å²) < 4.78 is 2.58. The number of hydrogen-bond donors (Lipinski definition) is 0. The Balaban J connectivity index is 1.35. The Hall–Kier alpha value is -6.22. The third-order valence-electron chi connectivity index (χ3n) is 9.98. The van der Waals surface area contributed by atoms with Crippen molar-refractivity contribution in [2.75, 3.05) is 4.90 Å². The SMILES string of the molecule is c1ccc(-c2cc3ccccc3cc2-c2cc3ccccc3cc2N(c2ccc3ccccc3c2)c2cccc3sc4ccccc4c23)cc1. The van der Waals surface area contributed by atoms with Crippen LogP contribution in [0.5, 0.6) is 0 Å². The molecule has 0 spiro atoms. The van der Waals surface area contributed by atoms with Gasteiger partial charge in [0.2, 0.25) is 0 Å². The van der Waals surface area contributed by atoms with E-state index in [2.05, 4.69) is 193 Å². The molecule has 50 heavy (non-hydrogen) atoms. The van der Waals surface area contributed by atoms with Crippen LogP contribution in [0, 0.1) is 0 Å². The average molecular weight is 654 g/mol. The van der Waals surface area contributed by atoms with Gasteiger partial charge in [0.25, 0.3) is 0 Å². The average Bonchev–Trinajstić information content (AvgIpc) is 3.57. The van der Waals surface area contributed by atoms with Gasteiger partial charge < -0.3 is 4.90 Å². The van der Waals surface area contributed by atoms with Gasteiger partial charge >= 0.3 is 0 Å². The largest absolute Gasteiger partial charge is 0.309 e. The first-order chi connectivity index (χ1) is 24.8. The Morgan fingerprint density at radius 3 is 1.64 bits per heavy atom. The first-order valence-electron chi connectivity index (χ1n) is 17.1. The van der Waals surface area contributed by atoms with E-state index in [0.717, 1.165) is 11.4 Å². The fourth-order valence-corrected chi connectivity index (χ4v) is 8.74. The van der Waals surface area contributed by atoms with Gasteiger partial charge in [-0.15, -0.1) is 11.3 Å². The smallest absolute Gasteiger partial charge is 0.0555 e. The molecule has 1 heterocycles. The molecule has 0 aliphatic carbocycles. The summed E-state index contributed by atoms with van der Waals surface area (Å²) in [4.78, 5) is 2.51. The van der Waals surface area contributed by atoms with Crippen LogP contribution in [0.2, 0.25) is 0 Å². The standard InChI is InChI=1S/C48H31NS/c1-2-14-33(15-3-1)41-28-35-17-6-7-18-36(35)29-42(41)43-30-37-19-8-9-20-38(37)31-45(43)49(39-26-25-32-13-4-5-16-34(32)27-39)44-22-12-24-47-48(44)40-21-10-11-23-46(40)50-47/h1-31H. The normalized spacial score (nSPS) is 11.6. The van der Waals surface area contributed by atoms with Crippen molar-refractivity contribution in [1.29, 1.82) is 0 Å². The van der Waals surface area contributed by atoms with E-state index in [1.165, 1.54) is 80.4 Å². The Bertz CT molecular complexity index is 2880. The molecule has 0 N–H and O–H groups in total. The van der Waals surface area contributed by atoms with Gasteiger partial charge in [0.15, 0.2) is 0 Å². The lowest BCUT2D eigenvalue weighted by molar-refractivity contribution is 1.31. The van der Waals surface area contributed by atoms with E-state index in [0.29, 0.717) is 0 Å². The number of fused-ring (bicyclic) bond motifs is 6. The van der Waals surface area contributed by atoms with Crippen molar-refractivity contribution in [1.82, 2.24) is 0 Å². The number of benzene rings is 9. The van der Waals surface area contributed by atoms with E-state index in [9.17, 15) is 0 Å². The van der Waals surface area contributed by atoms with Gasteiger partial charge in [-0.05, 0) is 104 Å². The Labute approximate surface area is 294 Å². The lowest BCUT2D eigenvalue weighted by Gasteiger charge is -2.30. The minimum Gasteiger partial charge on any atom is -0.309 e. The zero-order chi connectivity index (χ0) is 33.0. The highest BCUT2D eigenvalue weighted by atomic mass is 32.1. The molecule has 0 atom stereocenters. The van der Waals surface area contributed by atoms with Crippen molar-refractivity contribution in [3.05, 3.63) is 188 Å². The monoisotopic (exact) mass is 653 g/mol. The summed E-state index contributed by atoms with van der Waals surface area (Å²) in [5.74, 6) is 0. The highest BCUT2D eigenvalue weighted by Gasteiger charge is 2.24. The first-order valence-corrected chi connectivity index (χ1v) is 17.9. The fraction of sp³-hybridized carbons (Fsp3) is 0. The van der Waals surface area contributed by atoms with Crippen LogP contribution in [0.4, 0.5) is 17.1 Å². The van der Waals surface area contributed by atoms with Crippen LogP contribution >= 0.6 is 11.3 Å². The second-order valence-corrected chi connectivity index (χ2v) is 14.0. The molecule has 0 radical (unpaired) electrons. The summed E-state index contributed by atoms with van der Waals surface area (Å²) in [5, 5.41) is 9.90. The molecule has 0 amide bonds. The Morgan fingerprint density at radius 2 is 0.900 bits per heavy atom. The van der Waals surface area contributed by atoms with E-state index in [1.54, 1.807) is 0 Å². The molecule has 0 aliphatic rings. The molecule has 2 heteroatoms. The summed E-state index contributed by atoms with van der Waals surface area (Å²) in [6, 6.07) is 69.0. The molecular formula is C48H31NS. The van der Waals surface area contributed by atoms with E-state index in [4.69, 9.17) is 0 Å². The third-order valence-corrected chi connectivity index (χ3v) is 11.1. The van der Waals surface area contributed by atoms with Crippen LogP contribution in [0.15, 0.2) is 188 Å². The van der Waals surface area contributed by atoms with Gasteiger partial charge in [0, 0.05) is 31.4 Å². The zero-order valence-corrected chi connectivity index (χ0v) is 28.1. The summed E-state index contributed by atoms with van der Waals surface area (Å²) in [5.41, 5.74) is 8.28. The van der Waals surface area contributed by atoms with Crippen molar-refractivity contribution in [2.45, 2.75) is 0 Å². The van der Waals surface area contributed by atoms with E-state index < -0.39 is 0 Å². The maximum atomic E-state index is 2.51. The fourth-order valence-electron chi connectivity index (χ4n) is 7.61. The molecule has 0 aliphatic heterocycles. The van der Waals surface area contributed by atoms with Crippen LogP contribution in [-0.2, 0) is 0 Å². The van der Waals surface area contributed by atoms with Crippen molar-refractivity contribution < 1.29 is 0 Å². The van der Waals surface area contributed by atoms with Gasteiger partial charge in [-0.1, -0.05) is 133 Å². The van der Waals surface area contributed by atoms with Crippen molar-refractivity contribution in [3.8, 4) is 22.3 Å². The van der Waals surface area contributed by atoms with Crippen LogP contribution in [0.25, 0.3) is 74.7 Å². The molecule has 9 aromatic carbocycles. The highest BCUT2D eigenvalue weighted by molar-refractivity contribution is 7.26. The molecule has 0 fully saturated rings. The number of thiophene rings is 1. The second-order valence-electron chi connectivity index (χ2n) is 12.9. The van der Waals surface area contributed by atoms with Crippen LogP contribution < -0.4 is 4.90 Å². The van der Waals surface area contributed by atoms with Gasteiger partial charge in [-0.25, -0.2) is 0 Å². The molecule has 0 unspecified atom stereocenters. The van der Waals surface area contributed by atoms with E-state index in [-0.39, 0.29) is 0 Å². The molecule has 1 aromatic heterocycles. The highest BCUT2D eigenvalue weighted by Crippen LogP contribution is 2.50. The molecule has 10 aromatic rings. The lowest BCUT2D eigenvalue weighted by Crippen LogP contribution is -2.12. The predicted molar refractivity (Wildman–Crippen MR) is 217 cm³/mol. The van der Waals surface area contributed by atoms with Gasteiger partial charge in [0.05, 0.1) is 11.4 Å². The van der Waals surface area contributed by atoms with E-state index >= 15 is 0 Å². The molecular weight excluding hydrogens is 623 g/mol. The first kappa shape index (κ1) is 28.8. The summed E-state index contributed by atoms with van der Waals surface area (Å²) in [6.45, 7) is 0. The minimum atomic E-state index is 1.13. The third kappa shape index (κ3) is 4.76. The minimum absolute atomic E-state index is 1.13. The molecule has 1 nitrogen and oxygen atoms in total. The van der Waals surface area contributed by atoms with Crippen molar-refractivity contribution in [2.24, 2.45) is 0 Å². The maximum Gasteiger partial charge on any atom is 0.0555 e. The Morgan fingerprint density at radius 1 is 0.340 bits per heavy atom. The van der Waals surface area contributed by atoms with Crippen molar-refractivity contribution >= 4 is 80.9 Å². The zero-order valence-electron chi connectivity index (χ0n) is 27.3. The molecule has 0 saturated heterocycles. The molecule has 10 rings (SSSR count). The van der Waals surface area contributed by atoms with Gasteiger partial charge in [-0.2, -0.15) is 0 Å². The summed E-state index contributed by atoms with van der Waals surface area (Å²) in [6.07, 6.45) is 0.